The van der Waals surface area contributed by atoms with Crippen LogP contribution < -0.4 is 4.74 Å². The average Bonchev–Trinajstić information content (AvgIpc) is 2.56. The van der Waals surface area contributed by atoms with Crippen molar-refractivity contribution < 1.29 is 14.3 Å². The Bertz CT molecular complexity index is 640. The summed E-state index contributed by atoms with van der Waals surface area (Å²) in [4.78, 5) is 12.0. The number of carbonyl (C=O) groups is 1. The fourth-order valence-electron chi connectivity index (χ4n) is 2.13. The van der Waals surface area contributed by atoms with Gasteiger partial charge >= 0.3 is 5.97 Å². The molecule has 3 nitrogen and oxygen atoms in total. The molecule has 0 aliphatic rings. The normalized spacial score (nSPS) is 10.3. The van der Waals surface area contributed by atoms with Crippen molar-refractivity contribution in [3.63, 3.8) is 0 Å². The number of esters is 1. The minimum Gasteiger partial charge on any atom is -0.493 e. The van der Waals surface area contributed by atoms with Gasteiger partial charge in [0.25, 0.3) is 0 Å². The van der Waals surface area contributed by atoms with Crippen LogP contribution in [-0.4, -0.2) is 19.2 Å². The molecule has 0 aliphatic heterocycles. The van der Waals surface area contributed by atoms with E-state index in [1.54, 1.807) is 24.3 Å². The fraction of sp³-hybridized carbons (Fsp3) is 0.316. The largest absolute Gasteiger partial charge is 0.493 e. The molecule has 0 radical (unpaired) electrons. The van der Waals surface area contributed by atoms with E-state index in [4.69, 9.17) is 21.1 Å². The lowest BCUT2D eigenvalue weighted by Gasteiger charge is -2.11. The number of ether oxygens (including phenoxy) is 2. The standard InChI is InChI=1S/C19H21ClO3/c1-2-3-12-22-18-10-5-4-7-15(18)11-13-23-19(21)16-8-6-9-17(20)14-16/h4-10,14H,2-3,11-13H2,1H3. The van der Waals surface area contributed by atoms with Crippen molar-refractivity contribution in [1.29, 1.82) is 0 Å². The third kappa shape index (κ3) is 5.61. The van der Waals surface area contributed by atoms with E-state index in [9.17, 15) is 4.79 Å². The predicted molar refractivity (Wildman–Crippen MR) is 92.3 cm³/mol. The van der Waals surface area contributed by atoms with Crippen molar-refractivity contribution in [2.45, 2.75) is 26.2 Å². The summed E-state index contributed by atoms with van der Waals surface area (Å²) in [5.74, 6) is 0.497. The van der Waals surface area contributed by atoms with Crippen LogP contribution in [-0.2, 0) is 11.2 Å². The van der Waals surface area contributed by atoms with Crippen LogP contribution >= 0.6 is 11.6 Å². The van der Waals surface area contributed by atoms with Crippen LogP contribution in [0.4, 0.5) is 0 Å². The molecule has 122 valence electrons. The van der Waals surface area contributed by atoms with Crippen molar-refractivity contribution in [3.05, 3.63) is 64.7 Å². The Morgan fingerprint density at radius 3 is 2.70 bits per heavy atom. The molecule has 0 fully saturated rings. The molecule has 0 unspecified atom stereocenters. The Balaban J connectivity index is 1.87. The molecular weight excluding hydrogens is 312 g/mol. The van der Waals surface area contributed by atoms with Crippen LogP contribution in [0, 0.1) is 0 Å². The molecule has 2 rings (SSSR count). The van der Waals surface area contributed by atoms with Crippen molar-refractivity contribution in [2.24, 2.45) is 0 Å². The molecule has 0 amide bonds. The maximum absolute atomic E-state index is 12.0. The van der Waals surface area contributed by atoms with E-state index in [1.807, 2.05) is 24.3 Å². The smallest absolute Gasteiger partial charge is 0.338 e. The van der Waals surface area contributed by atoms with E-state index >= 15 is 0 Å². The van der Waals surface area contributed by atoms with Crippen LogP contribution in [0.3, 0.4) is 0 Å². The van der Waals surface area contributed by atoms with Gasteiger partial charge < -0.3 is 9.47 Å². The lowest BCUT2D eigenvalue weighted by Crippen LogP contribution is -2.09. The van der Waals surface area contributed by atoms with E-state index in [0.29, 0.717) is 30.2 Å². The number of hydrogen-bond acceptors (Lipinski definition) is 3. The Morgan fingerprint density at radius 1 is 1.09 bits per heavy atom. The summed E-state index contributed by atoms with van der Waals surface area (Å²) >= 11 is 5.88. The zero-order valence-corrected chi connectivity index (χ0v) is 14.0. The van der Waals surface area contributed by atoms with Crippen LogP contribution in [0.25, 0.3) is 0 Å². The van der Waals surface area contributed by atoms with Gasteiger partial charge in [0.05, 0.1) is 18.8 Å². The number of rotatable bonds is 8. The number of unbranched alkanes of at least 4 members (excludes halogenated alkanes) is 1. The van der Waals surface area contributed by atoms with E-state index in [0.717, 1.165) is 24.2 Å². The first-order valence-corrected chi connectivity index (χ1v) is 8.22. The quantitative estimate of drug-likeness (QED) is 0.508. The molecule has 0 saturated carbocycles. The molecule has 23 heavy (non-hydrogen) atoms. The highest BCUT2D eigenvalue weighted by Gasteiger charge is 2.09. The summed E-state index contributed by atoms with van der Waals surface area (Å²) in [6, 6.07) is 14.6. The minimum absolute atomic E-state index is 0.305. The molecule has 0 saturated heterocycles. The zero-order valence-electron chi connectivity index (χ0n) is 13.3. The van der Waals surface area contributed by atoms with Crippen molar-refractivity contribution in [2.75, 3.05) is 13.2 Å². The summed E-state index contributed by atoms with van der Waals surface area (Å²) in [5, 5.41) is 0.522. The maximum atomic E-state index is 12.0. The maximum Gasteiger partial charge on any atom is 0.338 e. The van der Waals surface area contributed by atoms with Gasteiger partial charge in [0.15, 0.2) is 0 Å². The Morgan fingerprint density at radius 2 is 1.91 bits per heavy atom. The topological polar surface area (TPSA) is 35.5 Å². The van der Waals surface area contributed by atoms with Gasteiger partial charge in [0.2, 0.25) is 0 Å². The highest BCUT2D eigenvalue weighted by Crippen LogP contribution is 2.19. The highest BCUT2D eigenvalue weighted by molar-refractivity contribution is 6.30. The molecule has 2 aromatic rings. The summed E-state index contributed by atoms with van der Waals surface area (Å²) in [6.07, 6.45) is 2.74. The first-order chi connectivity index (χ1) is 11.2. The second-order valence-corrected chi connectivity index (χ2v) is 5.64. The Hall–Kier alpha value is -2.00. The van der Waals surface area contributed by atoms with Gasteiger partial charge in [-0.05, 0) is 36.2 Å². The fourth-order valence-corrected chi connectivity index (χ4v) is 2.32. The SMILES string of the molecule is CCCCOc1ccccc1CCOC(=O)c1cccc(Cl)c1. The van der Waals surface area contributed by atoms with Gasteiger partial charge in [-0.25, -0.2) is 4.79 Å². The average molecular weight is 333 g/mol. The van der Waals surface area contributed by atoms with Gasteiger partial charge in [-0.15, -0.1) is 0 Å². The molecule has 0 N–H and O–H groups in total. The van der Waals surface area contributed by atoms with Crippen LogP contribution in [0.2, 0.25) is 5.02 Å². The van der Waals surface area contributed by atoms with Crippen molar-refractivity contribution in [1.82, 2.24) is 0 Å². The van der Waals surface area contributed by atoms with Crippen LogP contribution in [0.15, 0.2) is 48.5 Å². The molecule has 0 aliphatic carbocycles. The van der Waals surface area contributed by atoms with E-state index < -0.39 is 0 Å². The van der Waals surface area contributed by atoms with Crippen molar-refractivity contribution >= 4 is 17.6 Å². The monoisotopic (exact) mass is 332 g/mol. The minimum atomic E-state index is -0.364. The molecule has 0 spiro atoms. The Labute approximate surface area is 142 Å². The summed E-state index contributed by atoms with van der Waals surface area (Å²) < 4.78 is 11.1. The van der Waals surface area contributed by atoms with E-state index in [2.05, 4.69) is 6.92 Å². The lowest BCUT2D eigenvalue weighted by atomic mass is 10.1. The van der Waals surface area contributed by atoms with Gasteiger partial charge in [0.1, 0.15) is 5.75 Å². The summed E-state index contributed by atoms with van der Waals surface area (Å²) in [6.45, 7) is 3.14. The second kappa shape index (κ2) is 9.21. The van der Waals surface area contributed by atoms with Crippen molar-refractivity contribution in [3.8, 4) is 5.75 Å². The van der Waals surface area contributed by atoms with Crippen LogP contribution in [0.5, 0.6) is 5.75 Å². The second-order valence-electron chi connectivity index (χ2n) is 5.21. The first-order valence-electron chi connectivity index (χ1n) is 7.84. The lowest BCUT2D eigenvalue weighted by molar-refractivity contribution is 0.0508. The number of benzene rings is 2. The van der Waals surface area contributed by atoms with Gasteiger partial charge in [-0.2, -0.15) is 0 Å². The number of halogens is 1. The highest BCUT2D eigenvalue weighted by atomic mass is 35.5. The molecule has 0 aromatic heterocycles. The molecule has 0 atom stereocenters. The van der Waals surface area contributed by atoms with Gasteiger partial charge in [-0.3, -0.25) is 0 Å². The zero-order chi connectivity index (χ0) is 16.5. The van der Waals surface area contributed by atoms with Gasteiger partial charge in [-0.1, -0.05) is 49.2 Å². The molecule has 0 heterocycles. The number of hydrogen-bond donors (Lipinski definition) is 0. The summed E-state index contributed by atoms with van der Waals surface area (Å²) in [7, 11) is 0. The molecule has 4 heteroatoms. The number of para-hydroxylation sites is 1. The number of carbonyl (C=O) groups excluding carboxylic acids is 1. The van der Waals surface area contributed by atoms with E-state index in [1.165, 1.54) is 0 Å². The molecule has 0 bridgehead atoms. The molecular formula is C19H21ClO3. The summed E-state index contributed by atoms with van der Waals surface area (Å²) in [5.41, 5.74) is 1.51. The predicted octanol–water partition coefficient (Wildman–Crippen LogP) is 4.92. The third-order valence-electron chi connectivity index (χ3n) is 3.39. The van der Waals surface area contributed by atoms with Gasteiger partial charge in [0, 0.05) is 11.4 Å². The third-order valence-corrected chi connectivity index (χ3v) is 3.63. The Kier molecular flexibility index (Phi) is 6.95. The molecule has 2 aromatic carbocycles. The van der Waals surface area contributed by atoms with Crippen LogP contribution in [0.1, 0.15) is 35.7 Å². The van der Waals surface area contributed by atoms with E-state index in [-0.39, 0.29) is 5.97 Å². The first kappa shape index (κ1) is 17.4.